The number of aromatic nitrogens is 3. The Morgan fingerprint density at radius 2 is 1.38 bits per heavy atom. The summed E-state index contributed by atoms with van der Waals surface area (Å²) in [7, 11) is 0. The van der Waals surface area contributed by atoms with Gasteiger partial charge in [0.25, 0.3) is 0 Å². The van der Waals surface area contributed by atoms with Crippen LogP contribution in [-0.2, 0) is 0 Å². The Bertz CT molecular complexity index is 3050. The number of rotatable bonds is 9. The van der Waals surface area contributed by atoms with Crippen molar-refractivity contribution in [3.8, 4) is 33.9 Å². The lowest BCUT2D eigenvalue weighted by atomic mass is 9.86. The number of hydrogen-bond donors (Lipinski definition) is 0. The normalized spacial score (nSPS) is 15.6. The Morgan fingerprint density at radius 3 is 2.05 bits per heavy atom. The topological polar surface area (TPSA) is 38.7 Å². The summed E-state index contributed by atoms with van der Waals surface area (Å²) >= 11 is 1.86. The number of hydrogen-bond acceptors (Lipinski definition) is 4. The highest BCUT2D eigenvalue weighted by Gasteiger charge is 2.18. The maximum Gasteiger partial charge on any atom is 0.164 e. The Hall–Kier alpha value is -7.01. The van der Waals surface area contributed by atoms with Gasteiger partial charge < -0.3 is 0 Å². The average molecular weight is 804 g/mol. The summed E-state index contributed by atoms with van der Waals surface area (Å²) in [5, 5.41) is 2.60. The van der Waals surface area contributed by atoms with Gasteiger partial charge in [-0.05, 0) is 107 Å². The van der Waals surface area contributed by atoms with Crippen molar-refractivity contribution < 1.29 is 0 Å². The summed E-state index contributed by atoms with van der Waals surface area (Å²) in [6.07, 6.45) is 21.3. The summed E-state index contributed by atoms with van der Waals surface area (Å²) in [5.74, 6) is 2.29. The Labute approximate surface area is 362 Å². The lowest BCUT2D eigenvalue weighted by Crippen LogP contribution is -2.02. The van der Waals surface area contributed by atoms with Gasteiger partial charge in [0, 0.05) is 42.8 Å². The molecule has 10 rings (SSSR count). The molecule has 0 spiro atoms. The molecule has 1 atom stereocenters. The first-order valence-corrected chi connectivity index (χ1v) is 22.0. The van der Waals surface area contributed by atoms with Crippen molar-refractivity contribution in [2.24, 2.45) is 0 Å². The Balaban J connectivity index is 0.930. The van der Waals surface area contributed by atoms with E-state index in [9.17, 15) is 0 Å². The number of allylic oxidation sites excluding steroid dienone is 12. The Kier molecular flexibility index (Phi) is 10.6. The van der Waals surface area contributed by atoms with Crippen molar-refractivity contribution in [1.29, 1.82) is 0 Å². The first-order valence-electron chi connectivity index (χ1n) is 21.2. The van der Waals surface area contributed by atoms with Crippen LogP contribution in [0, 0.1) is 0 Å². The fourth-order valence-electron chi connectivity index (χ4n) is 8.70. The second-order valence-electron chi connectivity index (χ2n) is 15.8. The van der Waals surface area contributed by atoms with Crippen molar-refractivity contribution in [2.75, 3.05) is 0 Å². The maximum atomic E-state index is 5.02. The molecule has 3 nitrogen and oxygen atoms in total. The van der Waals surface area contributed by atoms with E-state index in [0.717, 1.165) is 41.5 Å². The molecule has 0 bridgehead atoms. The molecule has 0 radical (unpaired) electrons. The molecule has 0 N–H and O–H groups in total. The third kappa shape index (κ3) is 7.79. The van der Waals surface area contributed by atoms with Gasteiger partial charge in [-0.2, -0.15) is 0 Å². The second kappa shape index (κ2) is 16.9. The zero-order chi connectivity index (χ0) is 41.1. The minimum Gasteiger partial charge on any atom is -0.208 e. The molecule has 2 aliphatic carbocycles. The highest BCUT2D eigenvalue weighted by Crippen LogP contribution is 2.42. The zero-order valence-electron chi connectivity index (χ0n) is 34.4. The van der Waals surface area contributed by atoms with E-state index in [0.29, 0.717) is 23.4 Å². The second-order valence-corrected chi connectivity index (χ2v) is 16.9. The van der Waals surface area contributed by atoms with E-state index in [1.165, 1.54) is 64.7 Å². The van der Waals surface area contributed by atoms with E-state index in [4.69, 9.17) is 15.0 Å². The monoisotopic (exact) mass is 803 g/mol. The van der Waals surface area contributed by atoms with Crippen molar-refractivity contribution in [3.63, 3.8) is 0 Å². The first kappa shape index (κ1) is 38.2. The zero-order valence-corrected chi connectivity index (χ0v) is 35.2. The SMILES string of the molecule is C/C=C(\C=C(/C)c1cccc2sc3ccc(C4C=CC(c5ccc(-c6ccccc6C6=CC=CCC6)cc5)=CC4)cc3c12)c1nc(-c2ccccc2)nc(-c2ccccc2)n1. The van der Waals surface area contributed by atoms with Crippen LogP contribution in [0.15, 0.2) is 194 Å². The molecular formula is C57H45N3S. The molecule has 0 amide bonds. The van der Waals surface area contributed by atoms with Gasteiger partial charge in [0.1, 0.15) is 0 Å². The average Bonchev–Trinajstić information content (AvgIpc) is 3.72. The van der Waals surface area contributed by atoms with Crippen LogP contribution in [0.2, 0.25) is 0 Å². The van der Waals surface area contributed by atoms with Crippen molar-refractivity contribution >= 4 is 53.8 Å². The molecule has 0 fully saturated rings. The highest BCUT2D eigenvalue weighted by molar-refractivity contribution is 7.25. The maximum absolute atomic E-state index is 5.02. The van der Waals surface area contributed by atoms with E-state index >= 15 is 0 Å². The van der Waals surface area contributed by atoms with E-state index < -0.39 is 0 Å². The molecule has 0 aliphatic heterocycles. The predicted octanol–water partition coefficient (Wildman–Crippen LogP) is 15.6. The third-order valence-electron chi connectivity index (χ3n) is 11.9. The standard InChI is InChI=1S/C57H45N3S/c1-3-39(55-58-56(45-18-9-5-10-19-45)60-57(59-55)46-20-11-6-12-21-46)36-38(2)48-24-15-25-53-54(48)51-37-47(34-35-52(51)61-53)42-28-26-40(27-29-42)41-30-32-44(33-31-41)50-23-14-13-22-49(50)43-16-7-4-8-17-43/h3-7,9-16,18-28,30-37,42H,8,17,29H2,1-2H3/b38-36+,39-3+. The van der Waals surface area contributed by atoms with Gasteiger partial charge in [0.05, 0.1) is 0 Å². The van der Waals surface area contributed by atoms with Crippen molar-refractivity contribution in [3.05, 3.63) is 222 Å². The fourth-order valence-corrected chi connectivity index (χ4v) is 9.81. The molecule has 2 aromatic heterocycles. The lowest BCUT2D eigenvalue weighted by molar-refractivity contribution is 0.858. The molecule has 61 heavy (non-hydrogen) atoms. The van der Waals surface area contributed by atoms with Gasteiger partial charge in [-0.1, -0.05) is 170 Å². The van der Waals surface area contributed by atoms with Gasteiger partial charge in [0.2, 0.25) is 0 Å². The van der Waals surface area contributed by atoms with Crippen molar-refractivity contribution in [2.45, 2.75) is 39.0 Å². The number of thiophene rings is 1. The number of benzene rings is 6. The van der Waals surface area contributed by atoms with Crippen LogP contribution < -0.4 is 0 Å². The molecule has 0 saturated carbocycles. The van der Waals surface area contributed by atoms with Crippen LogP contribution in [-0.4, -0.2) is 15.0 Å². The van der Waals surface area contributed by atoms with Gasteiger partial charge in [-0.25, -0.2) is 15.0 Å². The first-order chi connectivity index (χ1) is 30.1. The molecule has 0 saturated heterocycles. The lowest BCUT2D eigenvalue weighted by Gasteiger charge is -2.18. The minimum absolute atomic E-state index is 0.312. The van der Waals surface area contributed by atoms with Crippen LogP contribution in [0.5, 0.6) is 0 Å². The van der Waals surface area contributed by atoms with Gasteiger partial charge in [-0.15, -0.1) is 11.3 Å². The van der Waals surface area contributed by atoms with E-state index in [1.54, 1.807) is 0 Å². The highest BCUT2D eigenvalue weighted by atomic mass is 32.1. The molecule has 1 unspecified atom stereocenters. The molecule has 6 aromatic carbocycles. The molecule has 8 aromatic rings. The molecule has 2 heterocycles. The predicted molar refractivity (Wildman–Crippen MR) is 260 cm³/mol. The van der Waals surface area contributed by atoms with Crippen LogP contribution in [0.4, 0.5) is 0 Å². The van der Waals surface area contributed by atoms with E-state index in [2.05, 4.69) is 147 Å². The van der Waals surface area contributed by atoms with Gasteiger partial charge in [0.15, 0.2) is 17.5 Å². The van der Waals surface area contributed by atoms with Crippen LogP contribution in [0.25, 0.3) is 76.4 Å². The summed E-state index contributed by atoms with van der Waals surface area (Å²) in [6, 6.07) is 52.0. The summed E-state index contributed by atoms with van der Waals surface area (Å²) in [4.78, 5) is 15.0. The van der Waals surface area contributed by atoms with E-state index in [-0.39, 0.29) is 0 Å². The van der Waals surface area contributed by atoms with Crippen molar-refractivity contribution in [1.82, 2.24) is 15.0 Å². The number of nitrogens with zero attached hydrogens (tertiary/aromatic N) is 3. The van der Waals surface area contributed by atoms with Crippen LogP contribution >= 0.6 is 11.3 Å². The molecule has 2 aliphatic rings. The van der Waals surface area contributed by atoms with Crippen LogP contribution in [0.1, 0.15) is 67.1 Å². The van der Waals surface area contributed by atoms with Gasteiger partial charge in [-0.3, -0.25) is 0 Å². The summed E-state index contributed by atoms with van der Waals surface area (Å²) in [5.41, 5.74) is 14.5. The molecule has 294 valence electrons. The summed E-state index contributed by atoms with van der Waals surface area (Å²) < 4.78 is 2.59. The Morgan fingerprint density at radius 1 is 0.672 bits per heavy atom. The smallest absolute Gasteiger partial charge is 0.164 e. The van der Waals surface area contributed by atoms with Crippen LogP contribution in [0.3, 0.4) is 0 Å². The fraction of sp³-hybridized carbons (Fsp3) is 0.105. The molecular weight excluding hydrogens is 759 g/mol. The molecule has 4 heteroatoms. The van der Waals surface area contributed by atoms with Gasteiger partial charge >= 0.3 is 0 Å². The third-order valence-corrected chi connectivity index (χ3v) is 13.1. The minimum atomic E-state index is 0.312. The van der Waals surface area contributed by atoms with E-state index in [1.807, 2.05) is 72.0 Å². The number of fused-ring (bicyclic) bond motifs is 3. The largest absolute Gasteiger partial charge is 0.208 e. The summed E-state index contributed by atoms with van der Waals surface area (Å²) in [6.45, 7) is 4.26. The quantitative estimate of drug-likeness (QED) is 0.136.